The van der Waals surface area contributed by atoms with Crippen molar-refractivity contribution in [3.05, 3.63) is 0 Å². The molecule has 0 bridgehead atoms. The predicted molar refractivity (Wildman–Crippen MR) is 66.3 cm³/mol. The van der Waals surface area contributed by atoms with Crippen LogP contribution in [0.4, 0.5) is 13.2 Å². The number of hydrogen-bond acceptors (Lipinski definition) is 4. The molecule has 118 valence electrons. The number of ether oxygens (including phenoxy) is 2. The van der Waals surface area contributed by atoms with Gasteiger partial charge in [0.15, 0.2) is 0 Å². The van der Waals surface area contributed by atoms with E-state index in [0.717, 1.165) is 0 Å². The van der Waals surface area contributed by atoms with Gasteiger partial charge in [0.25, 0.3) is 5.91 Å². The van der Waals surface area contributed by atoms with Gasteiger partial charge in [0.05, 0.1) is 6.61 Å². The van der Waals surface area contributed by atoms with Gasteiger partial charge in [-0.2, -0.15) is 13.2 Å². The molecule has 1 fully saturated rings. The first-order valence-corrected chi connectivity index (χ1v) is 6.50. The van der Waals surface area contributed by atoms with E-state index in [9.17, 15) is 18.0 Å². The average Bonchev–Trinajstić information content (AvgIpc) is 2.37. The molecule has 1 unspecified atom stereocenters. The highest BCUT2D eigenvalue weighted by molar-refractivity contribution is 5.85. The predicted octanol–water partition coefficient (Wildman–Crippen LogP) is 0.839. The van der Waals surface area contributed by atoms with E-state index in [1.54, 1.807) is 6.92 Å². The molecule has 0 aromatic heterocycles. The maximum absolute atomic E-state index is 12.2. The van der Waals surface area contributed by atoms with E-state index in [4.69, 9.17) is 4.74 Å². The molecule has 0 saturated carbocycles. The number of amides is 1. The van der Waals surface area contributed by atoms with Crippen molar-refractivity contribution in [3.63, 3.8) is 0 Å². The van der Waals surface area contributed by atoms with E-state index in [0.29, 0.717) is 25.9 Å². The fraction of sp³-hybridized carbons (Fsp3) is 0.917. The van der Waals surface area contributed by atoms with Gasteiger partial charge in [0, 0.05) is 13.2 Å². The third-order valence-corrected chi connectivity index (χ3v) is 3.23. The Labute approximate surface area is 116 Å². The van der Waals surface area contributed by atoms with Crippen LogP contribution in [0, 0.1) is 0 Å². The smallest absolute Gasteiger partial charge is 0.370 e. The first kappa shape index (κ1) is 17.2. The van der Waals surface area contributed by atoms with Gasteiger partial charge < -0.3 is 20.1 Å². The summed E-state index contributed by atoms with van der Waals surface area (Å²) in [4.78, 5) is 12.2. The molecule has 5 nitrogen and oxygen atoms in total. The summed E-state index contributed by atoms with van der Waals surface area (Å²) in [6, 6.07) is -0.508. The monoisotopic (exact) mass is 298 g/mol. The van der Waals surface area contributed by atoms with E-state index in [2.05, 4.69) is 15.4 Å². The van der Waals surface area contributed by atoms with Gasteiger partial charge in [0.2, 0.25) is 0 Å². The molecule has 1 heterocycles. The molecular formula is C12H21F3N2O3. The van der Waals surface area contributed by atoms with Crippen molar-refractivity contribution in [3.8, 4) is 0 Å². The number of carbonyl (C=O) groups is 1. The van der Waals surface area contributed by atoms with Gasteiger partial charge >= 0.3 is 6.18 Å². The fourth-order valence-corrected chi connectivity index (χ4v) is 2.10. The molecule has 1 aliphatic rings. The highest BCUT2D eigenvalue weighted by Crippen LogP contribution is 2.22. The molecule has 0 aliphatic carbocycles. The number of nitrogens with one attached hydrogen (secondary N) is 2. The second kappa shape index (κ2) is 7.24. The Kier molecular flexibility index (Phi) is 6.22. The SMILES string of the molecule is COC1(C(=O)NC(C)COCC(F)(F)F)CCNCC1. The van der Waals surface area contributed by atoms with Crippen LogP contribution >= 0.6 is 0 Å². The second-order valence-corrected chi connectivity index (χ2v) is 4.95. The topological polar surface area (TPSA) is 59.6 Å². The van der Waals surface area contributed by atoms with Crippen molar-refractivity contribution in [1.82, 2.24) is 10.6 Å². The Morgan fingerprint density at radius 1 is 1.40 bits per heavy atom. The Balaban J connectivity index is 2.40. The van der Waals surface area contributed by atoms with Gasteiger partial charge in [-0.25, -0.2) is 0 Å². The van der Waals surface area contributed by atoms with Gasteiger partial charge in [-0.1, -0.05) is 0 Å². The van der Waals surface area contributed by atoms with E-state index in [1.807, 2.05) is 0 Å². The largest absolute Gasteiger partial charge is 0.411 e. The highest BCUT2D eigenvalue weighted by Gasteiger charge is 2.40. The molecule has 2 N–H and O–H groups in total. The molecule has 0 aromatic carbocycles. The summed E-state index contributed by atoms with van der Waals surface area (Å²) < 4.78 is 45.7. The van der Waals surface area contributed by atoms with E-state index >= 15 is 0 Å². The molecule has 0 spiro atoms. The lowest BCUT2D eigenvalue weighted by atomic mass is 9.91. The third-order valence-electron chi connectivity index (χ3n) is 3.23. The molecule has 0 aromatic rings. The third kappa shape index (κ3) is 5.26. The van der Waals surface area contributed by atoms with Crippen LogP contribution in [-0.4, -0.2) is 57.1 Å². The summed E-state index contributed by atoms with van der Waals surface area (Å²) in [6.07, 6.45) is -3.29. The summed E-state index contributed by atoms with van der Waals surface area (Å²) in [5, 5.41) is 5.77. The molecule has 1 aliphatic heterocycles. The first-order chi connectivity index (χ1) is 9.29. The maximum atomic E-state index is 12.2. The molecule has 1 rings (SSSR count). The minimum Gasteiger partial charge on any atom is -0.370 e. The Hall–Kier alpha value is -0.860. The summed E-state index contributed by atoms with van der Waals surface area (Å²) in [5.41, 5.74) is -0.899. The summed E-state index contributed by atoms with van der Waals surface area (Å²) >= 11 is 0. The number of rotatable bonds is 6. The van der Waals surface area contributed by atoms with Gasteiger partial charge in [-0.05, 0) is 32.9 Å². The van der Waals surface area contributed by atoms with Gasteiger partial charge in [-0.3, -0.25) is 4.79 Å². The summed E-state index contributed by atoms with van der Waals surface area (Å²) in [6.45, 7) is 1.43. The van der Waals surface area contributed by atoms with Crippen LogP contribution in [0.15, 0.2) is 0 Å². The molecule has 20 heavy (non-hydrogen) atoms. The normalized spacial score (nSPS) is 20.4. The quantitative estimate of drug-likeness (QED) is 0.763. The van der Waals surface area contributed by atoms with Crippen LogP contribution in [0.1, 0.15) is 19.8 Å². The number of alkyl halides is 3. The van der Waals surface area contributed by atoms with E-state index < -0.39 is 24.4 Å². The van der Waals surface area contributed by atoms with E-state index in [1.165, 1.54) is 7.11 Å². The van der Waals surface area contributed by atoms with E-state index in [-0.39, 0.29) is 12.5 Å². The van der Waals surface area contributed by atoms with Gasteiger partial charge in [0.1, 0.15) is 12.2 Å². The minimum atomic E-state index is -4.35. The lowest BCUT2D eigenvalue weighted by Crippen LogP contribution is -2.56. The van der Waals surface area contributed by atoms with Crippen LogP contribution in [0.25, 0.3) is 0 Å². The first-order valence-electron chi connectivity index (χ1n) is 6.50. The van der Waals surface area contributed by atoms with Crippen LogP contribution in [0.2, 0.25) is 0 Å². The summed E-state index contributed by atoms with van der Waals surface area (Å²) in [7, 11) is 1.47. The fourth-order valence-electron chi connectivity index (χ4n) is 2.10. The number of piperidine rings is 1. The lowest BCUT2D eigenvalue weighted by Gasteiger charge is -2.35. The lowest BCUT2D eigenvalue weighted by molar-refractivity contribution is -0.175. The van der Waals surface area contributed by atoms with Crippen LogP contribution in [-0.2, 0) is 14.3 Å². The Morgan fingerprint density at radius 2 is 2.00 bits per heavy atom. The zero-order valence-electron chi connectivity index (χ0n) is 11.7. The number of hydrogen-bond donors (Lipinski definition) is 2. The van der Waals surface area contributed by atoms with Gasteiger partial charge in [-0.15, -0.1) is 0 Å². The van der Waals surface area contributed by atoms with Crippen molar-refractivity contribution in [2.24, 2.45) is 0 Å². The average molecular weight is 298 g/mol. The van der Waals surface area contributed by atoms with Crippen molar-refractivity contribution >= 4 is 5.91 Å². The number of carbonyl (C=O) groups excluding carboxylic acids is 1. The van der Waals surface area contributed by atoms with Crippen LogP contribution in [0.5, 0.6) is 0 Å². The Morgan fingerprint density at radius 3 is 2.50 bits per heavy atom. The molecule has 1 atom stereocenters. The Bertz CT molecular complexity index is 318. The van der Waals surface area contributed by atoms with Crippen molar-refractivity contribution in [2.75, 3.05) is 33.4 Å². The zero-order valence-corrected chi connectivity index (χ0v) is 11.7. The second-order valence-electron chi connectivity index (χ2n) is 4.95. The maximum Gasteiger partial charge on any atom is 0.411 e. The zero-order chi connectivity index (χ0) is 15.2. The molecule has 1 amide bonds. The molecule has 0 radical (unpaired) electrons. The molecule has 8 heteroatoms. The molecule has 1 saturated heterocycles. The highest BCUT2D eigenvalue weighted by atomic mass is 19.4. The minimum absolute atomic E-state index is 0.191. The number of methoxy groups -OCH3 is 1. The standard InChI is InChI=1S/C12H21F3N2O3/c1-9(7-20-8-12(13,14)15)17-10(18)11(19-2)3-5-16-6-4-11/h9,16H,3-8H2,1-2H3,(H,17,18). The van der Waals surface area contributed by atoms with Crippen LogP contribution in [0.3, 0.4) is 0 Å². The van der Waals surface area contributed by atoms with Crippen LogP contribution < -0.4 is 10.6 Å². The van der Waals surface area contributed by atoms with Crippen molar-refractivity contribution in [1.29, 1.82) is 0 Å². The molecular weight excluding hydrogens is 277 g/mol. The summed E-state index contributed by atoms with van der Waals surface area (Å²) in [5.74, 6) is -0.301. The number of halogens is 3. The van der Waals surface area contributed by atoms with Crippen molar-refractivity contribution in [2.45, 2.75) is 37.6 Å². The van der Waals surface area contributed by atoms with Crippen molar-refractivity contribution < 1.29 is 27.4 Å².